The summed E-state index contributed by atoms with van der Waals surface area (Å²) in [5, 5.41) is 0. The minimum absolute atomic E-state index is 0.250. The Kier molecular flexibility index (Phi) is 4.79. The Labute approximate surface area is 128 Å². The van der Waals surface area contributed by atoms with Gasteiger partial charge >= 0.3 is 0 Å². The van der Waals surface area contributed by atoms with E-state index in [1.807, 2.05) is 13.8 Å². The van der Waals surface area contributed by atoms with Crippen LogP contribution < -0.4 is 0 Å². The van der Waals surface area contributed by atoms with Crippen LogP contribution in [-0.2, 0) is 14.3 Å². The minimum Gasteiger partial charge on any atom is -0.260 e. The molecule has 118 valence electrons. The average Bonchev–Trinajstić information content (AvgIpc) is 2.38. The lowest BCUT2D eigenvalue weighted by Gasteiger charge is -2.37. The van der Waals surface area contributed by atoms with Crippen molar-refractivity contribution in [2.75, 3.05) is 0 Å². The fourth-order valence-electron chi connectivity index (χ4n) is 3.02. The molecule has 1 aromatic rings. The first-order valence-electron chi connectivity index (χ1n) is 7.74. The molecule has 4 heteroatoms. The van der Waals surface area contributed by atoms with Gasteiger partial charge in [0.25, 0.3) is 10.1 Å². The summed E-state index contributed by atoms with van der Waals surface area (Å²) < 4.78 is 30.4. The molecule has 1 saturated carbocycles. The summed E-state index contributed by atoms with van der Waals surface area (Å²) in [5.41, 5.74) is 0.479. The monoisotopic (exact) mass is 310 g/mol. The van der Waals surface area contributed by atoms with Crippen LogP contribution in [0.4, 0.5) is 0 Å². The van der Waals surface area contributed by atoms with Crippen LogP contribution in [0, 0.1) is 18.8 Å². The van der Waals surface area contributed by atoms with Gasteiger partial charge < -0.3 is 0 Å². The summed E-state index contributed by atoms with van der Waals surface area (Å²) in [6.07, 6.45) is 3.69. The van der Waals surface area contributed by atoms with Crippen molar-refractivity contribution >= 4 is 10.1 Å². The van der Waals surface area contributed by atoms with Crippen molar-refractivity contribution < 1.29 is 12.6 Å². The van der Waals surface area contributed by atoms with Crippen molar-refractivity contribution in [3.63, 3.8) is 0 Å². The van der Waals surface area contributed by atoms with Gasteiger partial charge in [-0.3, -0.25) is 4.18 Å². The second-order valence-electron chi connectivity index (χ2n) is 6.88. The van der Waals surface area contributed by atoms with Gasteiger partial charge in [0.2, 0.25) is 0 Å². The SMILES string of the molecule is Cc1ccc(S(=O)(=O)OC2(C)CCC(C(C)C)CC2)cc1. The molecule has 0 saturated heterocycles. The topological polar surface area (TPSA) is 43.4 Å². The van der Waals surface area contributed by atoms with Gasteiger partial charge in [0.05, 0.1) is 10.5 Å². The van der Waals surface area contributed by atoms with Crippen LogP contribution in [0.1, 0.15) is 52.0 Å². The molecular formula is C17H26O3S. The molecule has 1 aliphatic carbocycles. The Balaban J connectivity index is 2.08. The van der Waals surface area contributed by atoms with Crippen LogP contribution in [0.5, 0.6) is 0 Å². The van der Waals surface area contributed by atoms with Gasteiger partial charge in [-0.1, -0.05) is 31.5 Å². The standard InChI is InChI=1S/C17H26O3S/c1-13(2)15-9-11-17(4,12-10-15)20-21(18,19)16-7-5-14(3)6-8-16/h5-8,13,15H,9-12H2,1-4H3. The Hall–Kier alpha value is -0.870. The van der Waals surface area contributed by atoms with Gasteiger partial charge in [0, 0.05) is 0 Å². The molecule has 0 unspecified atom stereocenters. The van der Waals surface area contributed by atoms with Crippen molar-refractivity contribution in [1.82, 2.24) is 0 Å². The second kappa shape index (κ2) is 6.09. The van der Waals surface area contributed by atoms with E-state index in [-0.39, 0.29) is 4.90 Å². The van der Waals surface area contributed by atoms with Crippen LogP contribution in [0.25, 0.3) is 0 Å². The van der Waals surface area contributed by atoms with E-state index < -0.39 is 15.7 Å². The Morgan fingerprint density at radius 3 is 2.14 bits per heavy atom. The molecule has 0 atom stereocenters. The fraction of sp³-hybridized carbons (Fsp3) is 0.647. The third kappa shape index (κ3) is 4.07. The highest BCUT2D eigenvalue weighted by atomic mass is 32.2. The zero-order valence-electron chi connectivity index (χ0n) is 13.4. The third-order valence-electron chi connectivity index (χ3n) is 4.65. The highest BCUT2D eigenvalue weighted by molar-refractivity contribution is 7.86. The number of hydrogen-bond donors (Lipinski definition) is 0. The highest BCUT2D eigenvalue weighted by Gasteiger charge is 2.37. The van der Waals surface area contributed by atoms with E-state index in [1.54, 1.807) is 24.3 Å². The van der Waals surface area contributed by atoms with E-state index in [1.165, 1.54) is 0 Å². The molecule has 0 aromatic heterocycles. The molecule has 0 aliphatic heterocycles. The molecule has 0 N–H and O–H groups in total. The van der Waals surface area contributed by atoms with Crippen LogP contribution in [0.2, 0.25) is 0 Å². The molecule has 0 amide bonds. The van der Waals surface area contributed by atoms with Gasteiger partial charge in [0.15, 0.2) is 0 Å². The fourth-order valence-corrected chi connectivity index (χ4v) is 4.28. The van der Waals surface area contributed by atoms with Crippen LogP contribution in [-0.4, -0.2) is 14.0 Å². The molecule has 1 aromatic carbocycles. The number of aryl methyl sites for hydroxylation is 1. The Morgan fingerprint density at radius 2 is 1.67 bits per heavy atom. The summed E-state index contributed by atoms with van der Waals surface area (Å²) in [6, 6.07) is 6.84. The van der Waals surface area contributed by atoms with E-state index in [2.05, 4.69) is 13.8 Å². The van der Waals surface area contributed by atoms with E-state index >= 15 is 0 Å². The second-order valence-corrected chi connectivity index (χ2v) is 8.43. The van der Waals surface area contributed by atoms with Gasteiger partial charge in [-0.15, -0.1) is 0 Å². The van der Waals surface area contributed by atoms with Gasteiger partial charge in [0.1, 0.15) is 0 Å². The summed E-state index contributed by atoms with van der Waals surface area (Å²) in [5.74, 6) is 1.34. The number of benzene rings is 1. The largest absolute Gasteiger partial charge is 0.297 e. The zero-order chi connectivity index (χ0) is 15.7. The Bertz CT molecular complexity index is 565. The maximum atomic E-state index is 12.4. The van der Waals surface area contributed by atoms with Crippen molar-refractivity contribution in [2.45, 2.75) is 63.9 Å². The third-order valence-corrected chi connectivity index (χ3v) is 6.12. The van der Waals surface area contributed by atoms with Crippen molar-refractivity contribution in [3.05, 3.63) is 29.8 Å². The first-order valence-corrected chi connectivity index (χ1v) is 9.15. The quantitative estimate of drug-likeness (QED) is 0.779. The first-order chi connectivity index (χ1) is 9.72. The smallest absolute Gasteiger partial charge is 0.260 e. The lowest BCUT2D eigenvalue weighted by molar-refractivity contribution is 0.0310. The lowest BCUT2D eigenvalue weighted by atomic mass is 9.75. The van der Waals surface area contributed by atoms with Crippen LogP contribution in [0.15, 0.2) is 29.2 Å². The predicted molar refractivity (Wildman–Crippen MR) is 84.7 cm³/mol. The van der Waals surface area contributed by atoms with Gasteiger partial charge in [-0.05, 0) is 63.5 Å². The maximum Gasteiger partial charge on any atom is 0.297 e. The van der Waals surface area contributed by atoms with Crippen LogP contribution in [0.3, 0.4) is 0 Å². The first kappa shape index (κ1) is 16.5. The van der Waals surface area contributed by atoms with E-state index in [9.17, 15) is 8.42 Å². The van der Waals surface area contributed by atoms with Crippen molar-refractivity contribution in [3.8, 4) is 0 Å². The molecule has 1 aliphatic rings. The normalized spacial score (nSPS) is 27.0. The molecule has 3 nitrogen and oxygen atoms in total. The van der Waals surface area contributed by atoms with E-state index in [4.69, 9.17) is 4.18 Å². The predicted octanol–water partition coefficient (Wildman–Crippen LogP) is 4.31. The average molecular weight is 310 g/mol. The molecule has 2 rings (SSSR count). The zero-order valence-corrected chi connectivity index (χ0v) is 14.2. The minimum atomic E-state index is -3.67. The summed E-state index contributed by atoms with van der Waals surface area (Å²) in [4.78, 5) is 0.250. The molecule has 0 heterocycles. The molecule has 0 radical (unpaired) electrons. The van der Waals surface area contributed by atoms with Gasteiger partial charge in [-0.2, -0.15) is 8.42 Å². The lowest BCUT2D eigenvalue weighted by Crippen LogP contribution is -2.37. The Morgan fingerprint density at radius 1 is 1.14 bits per heavy atom. The maximum absolute atomic E-state index is 12.4. The molecule has 0 spiro atoms. The molecule has 0 bridgehead atoms. The molecular weight excluding hydrogens is 284 g/mol. The van der Waals surface area contributed by atoms with Gasteiger partial charge in [-0.25, -0.2) is 0 Å². The summed E-state index contributed by atoms with van der Waals surface area (Å²) in [7, 11) is -3.67. The van der Waals surface area contributed by atoms with Crippen LogP contribution >= 0.6 is 0 Å². The highest BCUT2D eigenvalue weighted by Crippen LogP contribution is 2.39. The molecule has 21 heavy (non-hydrogen) atoms. The van der Waals surface area contributed by atoms with E-state index in [0.29, 0.717) is 11.8 Å². The van der Waals surface area contributed by atoms with E-state index in [0.717, 1.165) is 31.2 Å². The number of rotatable bonds is 4. The summed E-state index contributed by atoms with van der Waals surface area (Å²) in [6.45, 7) is 8.33. The summed E-state index contributed by atoms with van der Waals surface area (Å²) >= 11 is 0. The molecule has 1 fully saturated rings. The van der Waals surface area contributed by atoms with Crippen molar-refractivity contribution in [1.29, 1.82) is 0 Å². The van der Waals surface area contributed by atoms with Crippen molar-refractivity contribution in [2.24, 2.45) is 11.8 Å². The number of hydrogen-bond acceptors (Lipinski definition) is 3.